The zero-order chi connectivity index (χ0) is 11.1. The number of hydrogen-bond donors (Lipinski definition) is 0. The molecule has 1 aliphatic carbocycles. The third-order valence-electron chi connectivity index (χ3n) is 3.88. The van der Waals surface area contributed by atoms with Crippen LogP contribution in [0.5, 0.6) is 0 Å². The molecule has 3 unspecified atom stereocenters. The number of allylic oxidation sites excluding steroid dienone is 1. The molecular weight excluding hydrogens is 202 g/mol. The highest BCUT2D eigenvalue weighted by Gasteiger charge is 2.39. The maximum absolute atomic E-state index is 11.5. The monoisotopic (exact) mass is 221 g/mol. The maximum atomic E-state index is 11.5. The van der Waals surface area contributed by atoms with Gasteiger partial charge in [0, 0.05) is 31.5 Å². The second-order valence-corrected chi connectivity index (χ2v) is 5.35. The van der Waals surface area contributed by atoms with Gasteiger partial charge in [0.15, 0.2) is 5.78 Å². The van der Waals surface area contributed by atoms with E-state index in [1.165, 1.54) is 6.42 Å². The van der Waals surface area contributed by atoms with E-state index in [-0.39, 0.29) is 0 Å². The Morgan fingerprint density at radius 3 is 2.56 bits per heavy atom. The number of ketones is 1. The van der Waals surface area contributed by atoms with Crippen LogP contribution < -0.4 is 0 Å². The number of carbonyl (C=O) groups is 1. The Kier molecular flexibility index (Phi) is 2.60. The van der Waals surface area contributed by atoms with Gasteiger partial charge in [0.05, 0.1) is 12.2 Å². The highest BCUT2D eigenvalue weighted by Crippen LogP contribution is 2.31. The van der Waals surface area contributed by atoms with Gasteiger partial charge in [0.1, 0.15) is 0 Å². The van der Waals surface area contributed by atoms with Crippen LogP contribution in [-0.2, 0) is 9.53 Å². The van der Waals surface area contributed by atoms with Crippen LogP contribution in [0.25, 0.3) is 0 Å². The first-order valence-electron chi connectivity index (χ1n) is 6.34. The molecule has 3 saturated heterocycles. The normalized spacial score (nSPS) is 36.1. The van der Waals surface area contributed by atoms with Gasteiger partial charge in [-0.2, -0.15) is 0 Å². The molecule has 0 aromatic heterocycles. The summed E-state index contributed by atoms with van der Waals surface area (Å²) in [5.41, 5.74) is 0. The molecule has 0 amide bonds. The van der Waals surface area contributed by atoms with Crippen molar-refractivity contribution in [3.63, 3.8) is 0 Å². The lowest BCUT2D eigenvalue weighted by Gasteiger charge is -2.48. The summed E-state index contributed by atoms with van der Waals surface area (Å²) in [5.74, 6) is 0.673. The number of ether oxygens (including phenoxy) is 1. The molecular formula is C13H19NO2. The minimum absolute atomic E-state index is 0.324. The molecule has 1 saturated carbocycles. The highest BCUT2D eigenvalue weighted by atomic mass is 16.5. The van der Waals surface area contributed by atoms with E-state index < -0.39 is 0 Å². The summed E-state index contributed by atoms with van der Waals surface area (Å²) in [6.07, 6.45) is 8.18. The van der Waals surface area contributed by atoms with Gasteiger partial charge in [0.25, 0.3) is 0 Å². The highest BCUT2D eigenvalue weighted by molar-refractivity contribution is 5.93. The zero-order valence-corrected chi connectivity index (χ0v) is 9.76. The van der Waals surface area contributed by atoms with E-state index in [9.17, 15) is 4.79 Å². The number of morpholine rings is 1. The first kappa shape index (κ1) is 10.5. The van der Waals surface area contributed by atoms with E-state index in [4.69, 9.17) is 4.74 Å². The van der Waals surface area contributed by atoms with Gasteiger partial charge in [-0.3, -0.25) is 9.69 Å². The fraction of sp³-hybridized carbons (Fsp3) is 0.769. The summed E-state index contributed by atoms with van der Waals surface area (Å²) in [6.45, 7) is 4.22. The maximum Gasteiger partial charge on any atom is 0.158 e. The van der Waals surface area contributed by atoms with E-state index in [2.05, 4.69) is 17.9 Å². The van der Waals surface area contributed by atoms with Crippen LogP contribution >= 0.6 is 0 Å². The average Bonchev–Trinajstić information content (AvgIpc) is 3.08. The van der Waals surface area contributed by atoms with Gasteiger partial charge in [-0.1, -0.05) is 6.08 Å². The Morgan fingerprint density at radius 2 is 2.00 bits per heavy atom. The van der Waals surface area contributed by atoms with Crippen LogP contribution in [0, 0.1) is 5.92 Å². The van der Waals surface area contributed by atoms with Crippen molar-refractivity contribution in [1.29, 1.82) is 0 Å². The van der Waals surface area contributed by atoms with Crippen LogP contribution in [0.2, 0.25) is 0 Å². The zero-order valence-electron chi connectivity index (χ0n) is 9.76. The van der Waals surface area contributed by atoms with Crippen LogP contribution in [0.4, 0.5) is 0 Å². The molecule has 4 rings (SSSR count). The third kappa shape index (κ3) is 2.06. The van der Waals surface area contributed by atoms with Gasteiger partial charge in [-0.15, -0.1) is 0 Å². The average molecular weight is 221 g/mol. The van der Waals surface area contributed by atoms with Crippen molar-refractivity contribution in [2.24, 2.45) is 5.92 Å². The molecule has 0 aromatic carbocycles. The first-order valence-corrected chi connectivity index (χ1v) is 6.34. The van der Waals surface area contributed by atoms with Gasteiger partial charge in [-0.25, -0.2) is 0 Å². The fourth-order valence-corrected chi connectivity index (χ4v) is 2.58. The van der Waals surface area contributed by atoms with Crippen molar-refractivity contribution in [2.75, 3.05) is 13.1 Å². The molecule has 88 valence electrons. The van der Waals surface area contributed by atoms with Gasteiger partial charge in [-0.05, 0) is 25.8 Å². The lowest BCUT2D eigenvalue weighted by Crippen LogP contribution is -2.59. The standard InChI is InChI=1S/C13H19NO2/c1-9(2-5-13(15)10-3-4-10)14-7-11-6-12(8-14)16-11/h2,5,9-12H,3-4,6-8H2,1H3/b5-2+. The van der Waals surface area contributed by atoms with Crippen molar-refractivity contribution in [3.8, 4) is 0 Å². The summed E-state index contributed by atoms with van der Waals surface area (Å²) in [4.78, 5) is 14.0. The first-order chi connectivity index (χ1) is 7.72. The van der Waals surface area contributed by atoms with E-state index in [0.29, 0.717) is 30.0 Å². The lowest BCUT2D eigenvalue weighted by molar-refractivity contribution is -0.184. The third-order valence-corrected chi connectivity index (χ3v) is 3.88. The molecule has 3 heteroatoms. The molecule has 3 heterocycles. The smallest absolute Gasteiger partial charge is 0.158 e. The van der Waals surface area contributed by atoms with Crippen molar-refractivity contribution in [2.45, 2.75) is 44.4 Å². The van der Waals surface area contributed by atoms with Crippen LogP contribution in [0.1, 0.15) is 26.2 Å². The van der Waals surface area contributed by atoms with Crippen molar-refractivity contribution < 1.29 is 9.53 Å². The largest absolute Gasteiger partial charge is 0.372 e. The fourth-order valence-electron chi connectivity index (χ4n) is 2.58. The molecule has 3 nitrogen and oxygen atoms in total. The molecule has 4 aliphatic rings. The minimum Gasteiger partial charge on any atom is -0.372 e. The van der Waals surface area contributed by atoms with Crippen molar-refractivity contribution in [3.05, 3.63) is 12.2 Å². The van der Waals surface area contributed by atoms with Crippen molar-refractivity contribution in [1.82, 2.24) is 4.90 Å². The molecule has 0 spiro atoms. The summed E-state index contributed by atoms with van der Waals surface area (Å²) in [6, 6.07) is 0.372. The number of nitrogens with zero attached hydrogens (tertiary/aromatic N) is 1. The summed E-state index contributed by atoms with van der Waals surface area (Å²) >= 11 is 0. The second kappa shape index (κ2) is 3.97. The van der Waals surface area contributed by atoms with Gasteiger partial charge >= 0.3 is 0 Å². The topological polar surface area (TPSA) is 29.5 Å². The number of carbonyl (C=O) groups excluding carboxylic acids is 1. The summed E-state index contributed by atoms with van der Waals surface area (Å²) < 4.78 is 5.60. The summed E-state index contributed by atoms with van der Waals surface area (Å²) in [5, 5.41) is 0. The second-order valence-electron chi connectivity index (χ2n) is 5.35. The molecule has 2 bridgehead atoms. The van der Waals surface area contributed by atoms with Gasteiger partial charge in [0.2, 0.25) is 0 Å². The van der Waals surface area contributed by atoms with E-state index >= 15 is 0 Å². The Bertz CT molecular complexity index is 306. The molecule has 0 aromatic rings. The number of piperidine rings is 1. The van der Waals surface area contributed by atoms with Crippen LogP contribution in [-0.4, -0.2) is 42.0 Å². The molecule has 4 fully saturated rings. The summed E-state index contributed by atoms with van der Waals surface area (Å²) in [7, 11) is 0. The number of fused-ring (bicyclic) bond motifs is 2. The molecule has 0 radical (unpaired) electrons. The Morgan fingerprint density at radius 1 is 1.38 bits per heavy atom. The molecule has 16 heavy (non-hydrogen) atoms. The SMILES string of the molecule is CC(/C=C/C(=O)C1CC1)N1CC2CC(C1)O2. The molecule has 3 atom stereocenters. The predicted molar refractivity (Wildman–Crippen MR) is 61.2 cm³/mol. The van der Waals surface area contributed by atoms with Crippen LogP contribution in [0.15, 0.2) is 12.2 Å². The van der Waals surface area contributed by atoms with Gasteiger partial charge < -0.3 is 4.74 Å². The predicted octanol–water partition coefficient (Wildman–Crippen LogP) is 1.38. The van der Waals surface area contributed by atoms with Crippen LogP contribution in [0.3, 0.4) is 0 Å². The Labute approximate surface area is 96.4 Å². The Hall–Kier alpha value is -0.670. The lowest BCUT2D eigenvalue weighted by atomic mass is 9.97. The molecule has 3 aliphatic heterocycles. The van der Waals surface area contributed by atoms with E-state index in [0.717, 1.165) is 25.9 Å². The van der Waals surface area contributed by atoms with E-state index in [1.54, 1.807) is 6.08 Å². The van der Waals surface area contributed by atoms with E-state index in [1.807, 2.05) is 0 Å². The quantitative estimate of drug-likeness (QED) is 0.672. The van der Waals surface area contributed by atoms with Crippen molar-refractivity contribution >= 4 is 5.78 Å². The number of hydrogen-bond acceptors (Lipinski definition) is 3. The molecule has 0 N–H and O–H groups in total. The Balaban J connectivity index is 1.52. The number of rotatable bonds is 4. The minimum atomic E-state index is 0.324.